The summed E-state index contributed by atoms with van der Waals surface area (Å²) in [5.41, 5.74) is -2.00. The molecule has 3 amide bonds. The Morgan fingerprint density at radius 1 is 1.27 bits per heavy atom. The molecule has 16 heteroatoms. The maximum absolute atomic E-state index is 13.1. The van der Waals surface area contributed by atoms with Crippen LogP contribution < -0.4 is 16.0 Å². The number of rotatable bonds is 12. The largest absolute Gasteiger partial charge is 0.467 e. The van der Waals surface area contributed by atoms with Gasteiger partial charge in [-0.3, -0.25) is 14.4 Å². The van der Waals surface area contributed by atoms with Gasteiger partial charge in [-0.15, -0.1) is 22.9 Å². The lowest BCUT2D eigenvalue weighted by Gasteiger charge is -2.34. The van der Waals surface area contributed by atoms with Crippen LogP contribution in [0.2, 0.25) is 25.7 Å². The number of hydrogen-bond donors (Lipinski definition) is 3. The van der Waals surface area contributed by atoms with Crippen molar-refractivity contribution in [2.24, 2.45) is 5.16 Å². The summed E-state index contributed by atoms with van der Waals surface area (Å²) in [7, 11) is -0.294. The first-order valence-corrected chi connectivity index (χ1v) is 16.2. The number of methoxy groups -OCH3 is 1. The lowest BCUT2D eigenvalue weighted by molar-refractivity contribution is -0.167. The minimum atomic E-state index is -1.57. The molecule has 204 valence electrons. The molecule has 0 aromatic carbocycles. The average molecular weight is 576 g/mol. The molecular weight excluding hydrogens is 546 g/mol. The second kappa shape index (κ2) is 12.5. The van der Waals surface area contributed by atoms with E-state index >= 15 is 0 Å². The Balaban J connectivity index is 2.26. The number of nitrogens with zero attached hydrogens (tertiary/aromatic N) is 2. The Morgan fingerprint density at radius 3 is 2.51 bits per heavy atom. The molecule has 3 N–H and O–H groups in total. The highest BCUT2D eigenvalue weighted by atomic mass is 35.5. The van der Waals surface area contributed by atoms with Gasteiger partial charge in [-0.1, -0.05) is 24.8 Å². The smallest absolute Gasteiger partial charge is 0.352 e. The molecular formula is C21H30ClN5O8SSi. The van der Waals surface area contributed by atoms with E-state index in [-0.39, 0.29) is 23.3 Å². The average Bonchev–Trinajstić information content (AvgIpc) is 3.27. The van der Waals surface area contributed by atoms with E-state index < -0.39 is 61.1 Å². The molecule has 37 heavy (non-hydrogen) atoms. The SMILES string of the molecule is COC(=O)[C@@H]1NC(=O)[C@@H]1NC(=O)C(=NOC(C)(C)C(=O)OCC[Si](C)(C)C)c1csc(NC(=O)CCl)n1. The summed E-state index contributed by atoms with van der Waals surface area (Å²) in [6, 6.07) is -1.55. The van der Waals surface area contributed by atoms with Gasteiger partial charge >= 0.3 is 11.9 Å². The number of anilines is 1. The number of thiazole rings is 1. The number of oxime groups is 1. The van der Waals surface area contributed by atoms with Gasteiger partial charge in [0.1, 0.15) is 17.6 Å². The number of amides is 3. The molecule has 0 saturated carbocycles. The van der Waals surface area contributed by atoms with E-state index in [9.17, 15) is 24.0 Å². The summed E-state index contributed by atoms with van der Waals surface area (Å²) in [5.74, 6) is -3.79. The molecule has 1 aromatic heterocycles. The fourth-order valence-corrected chi connectivity index (χ4v) is 4.17. The summed E-state index contributed by atoms with van der Waals surface area (Å²) >= 11 is 6.48. The van der Waals surface area contributed by atoms with E-state index in [1.165, 1.54) is 19.2 Å². The monoisotopic (exact) mass is 575 g/mol. The maximum Gasteiger partial charge on any atom is 0.352 e. The van der Waals surface area contributed by atoms with Crippen LogP contribution in [-0.2, 0) is 38.3 Å². The van der Waals surface area contributed by atoms with Crippen LogP contribution in [0.1, 0.15) is 19.5 Å². The van der Waals surface area contributed by atoms with E-state index in [1.807, 2.05) is 0 Å². The Hall–Kier alpha value is -3.04. The number of halogens is 1. The molecule has 2 rings (SSSR count). The highest BCUT2D eigenvalue weighted by Gasteiger charge is 2.46. The lowest BCUT2D eigenvalue weighted by Crippen LogP contribution is -2.72. The zero-order valence-corrected chi connectivity index (χ0v) is 23.9. The van der Waals surface area contributed by atoms with Gasteiger partial charge in [0.2, 0.25) is 17.4 Å². The molecule has 0 radical (unpaired) electrons. The number of esters is 2. The standard InChI is InChI=1S/C21H30ClN5O8SSi/c1-21(2,19(32)34-7-8-37(4,5)6)35-27-13(11-10-36-20(23-11)24-12(28)9-22)16(29)25-14-15(18(31)33-3)26-17(14)30/h10,14-15H,7-9H2,1-6H3,(H,25,29)(H,26,30)(H,23,24,28)/t14-,15-/m1/s1. The van der Waals surface area contributed by atoms with Gasteiger partial charge in [-0.05, 0) is 19.9 Å². The van der Waals surface area contributed by atoms with Crippen molar-refractivity contribution in [2.75, 3.05) is 24.9 Å². The van der Waals surface area contributed by atoms with E-state index in [0.717, 1.165) is 24.5 Å². The summed E-state index contributed by atoms with van der Waals surface area (Å²) in [5, 5.41) is 12.5. The van der Waals surface area contributed by atoms with Gasteiger partial charge in [-0.2, -0.15) is 0 Å². The minimum absolute atomic E-state index is 0.0235. The Labute approximate surface area is 223 Å². The fourth-order valence-electron chi connectivity index (χ4n) is 2.68. The summed E-state index contributed by atoms with van der Waals surface area (Å²) < 4.78 is 9.93. The molecule has 0 bridgehead atoms. The van der Waals surface area contributed by atoms with Gasteiger partial charge in [0.25, 0.3) is 5.91 Å². The van der Waals surface area contributed by atoms with Crippen molar-refractivity contribution in [3.63, 3.8) is 0 Å². The first-order chi connectivity index (χ1) is 17.2. The zero-order valence-electron chi connectivity index (χ0n) is 21.3. The summed E-state index contributed by atoms with van der Waals surface area (Å²) in [4.78, 5) is 70.6. The molecule has 1 saturated heterocycles. The lowest BCUT2D eigenvalue weighted by atomic mass is 9.99. The number of carbonyl (C=O) groups is 5. The highest BCUT2D eigenvalue weighted by molar-refractivity contribution is 7.14. The number of carbonyl (C=O) groups excluding carboxylic acids is 5. The van der Waals surface area contributed by atoms with Crippen LogP contribution >= 0.6 is 22.9 Å². The zero-order chi connectivity index (χ0) is 28.0. The number of hydrogen-bond acceptors (Lipinski definition) is 11. The number of ether oxygens (including phenoxy) is 2. The van der Waals surface area contributed by atoms with Crippen LogP contribution in [0.25, 0.3) is 0 Å². The first-order valence-electron chi connectivity index (χ1n) is 11.1. The second-order valence-electron chi connectivity index (χ2n) is 9.67. The molecule has 1 aromatic rings. The van der Waals surface area contributed by atoms with Crippen LogP contribution in [0.3, 0.4) is 0 Å². The third-order valence-electron chi connectivity index (χ3n) is 4.93. The van der Waals surface area contributed by atoms with E-state index in [4.69, 9.17) is 21.2 Å². The molecule has 2 heterocycles. The summed E-state index contributed by atoms with van der Waals surface area (Å²) in [6.45, 7) is 9.48. The number of nitrogens with one attached hydrogen (secondary N) is 3. The van der Waals surface area contributed by atoms with Crippen LogP contribution in [0.4, 0.5) is 5.13 Å². The van der Waals surface area contributed by atoms with Gasteiger partial charge in [0.05, 0.1) is 13.7 Å². The molecule has 0 spiro atoms. The molecule has 1 fully saturated rings. The Morgan fingerprint density at radius 2 is 1.95 bits per heavy atom. The van der Waals surface area contributed by atoms with E-state index in [0.29, 0.717) is 0 Å². The number of aromatic nitrogens is 1. The van der Waals surface area contributed by atoms with Crippen LogP contribution in [0.5, 0.6) is 0 Å². The second-order valence-corrected chi connectivity index (χ2v) is 16.4. The Kier molecular flexibility index (Phi) is 10.2. The number of β-lactam (4-membered cyclic amide) rings is 1. The molecule has 0 aliphatic carbocycles. The molecule has 2 atom stereocenters. The van der Waals surface area contributed by atoms with Gasteiger partial charge < -0.3 is 30.3 Å². The molecule has 1 aliphatic heterocycles. The van der Waals surface area contributed by atoms with Crippen molar-refractivity contribution in [1.29, 1.82) is 0 Å². The first kappa shape index (κ1) is 30.2. The Bertz CT molecular complexity index is 1090. The molecule has 0 unspecified atom stereocenters. The van der Waals surface area contributed by atoms with Crippen molar-refractivity contribution in [2.45, 2.75) is 57.2 Å². The van der Waals surface area contributed by atoms with Crippen molar-refractivity contribution in [3.8, 4) is 0 Å². The minimum Gasteiger partial charge on any atom is -0.467 e. The topological polar surface area (TPSA) is 174 Å². The van der Waals surface area contributed by atoms with Crippen LogP contribution in [0, 0.1) is 0 Å². The molecule has 13 nitrogen and oxygen atoms in total. The van der Waals surface area contributed by atoms with Crippen LogP contribution in [-0.4, -0.2) is 85.7 Å². The van der Waals surface area contributed by atoms with Crippen molar-refractivity contribution in [1.82, 2.24) is 15.6 Å². The van der Waals surface area contributed by atoms with Gasteiger partial charge in [0.15, 0.2) is 16.9 Å². The fraction of sp³-hybridized carbons (Fsp3) is 0.571. The highest BCUT2D eigenvalue weighted by Crippen LogP contribution is 2.19. The number of alkyl halides is 1. The van der Waals surface area contributed by atoms with E-state index in [2.05, 4.69) is 50.5 Å². The summed E-state index contributed by atoms with van der Waals surface area (Å²) in [6.07, 6.45) is 0. The van der Waals surface area contributed by atoms with Crippen molar-refractivity contribution < 1.29 is 38.3 Å². The van der Waals surface area contributed by atoms with Gasteiger partial charge in [-0.25, -0.2) is 14.6 Å². The third kappa shape index (κ3) is 8.50. The van der Waals surface area contributed by atoms with E-state index in [1.54, 1.807) is 0 Å². The predicted octanol–water partition coefficient (Wildman–Crippen LogP) is 0.857. The quantitative estimate of drug-likeness (QED) is 0.0815. The third-order valence-corrected chi connectivity index (χ3v) is 7.63. The molecule has 1 aliphatic rings. The van der Waals surface area contributed by atoms with Crippen LogP contribution in [0.15, 0.2) is 10.5 Å². The van der Waals surface area contributed by atoms with Crippen molar-refractivity contribution in [3.05, 3.63) is 11.1 Å². The van der Waals surface area contributed by atoms with Gasteiger partial charge in [0, 0.05) is 13.5 Å². The predicted molar refractivity (Wildman–Crippen MR) is 138 cm³/mol. The normalized spacial score (nSPS) is 17.7. The van der Waals surface area contributed by atoms with Crippen molar-refractivity contribution >= 4 is 71.5 Å². The maximum atomic E-state index is 13.1.